The second-order valence-electron chi connectivity index (χ2n) is 5.83. The van der Waals surface area contributed by atoms with Gasteiger partial charge in [-0.2, -0.15) is 10.1 Å². The van der Waals surface area contributed by atoms with E-state index in [2.05, 4.69) is 55.0 Å². The first-order chi connectivity index (χ1) is 10.7. The highest BCUT2D eigenvalue weighted by atomic mass is 15.3. The second kappa shape index (κ2) is 6.60. The van der Waals surface area contributed by atoms with Crippen molar-refractivity contribution in [2.75, 3.05) is 28.6 Å². The number of rotatable bonds is 5. The molecule has 0 spiro atoms. The molecule has 0 bridgehead atoms. The number of nitrogens with zero attached hydrogens (tertiary/aromatic N) is 4. The molecular weight excluding hydrogens is 276 g/mol. The normalized spacial score (nSPS) is 14.4. The second-order valence-corrected chi connectivity index (χ2v) is 5.83. The van der Waals surface area contributed by atoms with Crippen molar-refractivity contribution in [1.29, 1.82) is 0 Å². The Bertz CT molecular complexity index is 604. The lowest BCUT2D eigenvalue weighted by molar-refractivity contribution is 0.852. The minimum Gasteiger partial charge on any atom is -0.372 e. The molecule has 116 valence electrons. The van der Waals surface area contributed by atoms with Gasteiger partial charge in [-0.1, -0.05) is 0 Å². The maximum atomic E-state index is 4.40. The molecule has 2 heterocycles. The molecule has 1 aromatic carbocycles. The van der Waals surface area contributed by atoms with Crippen LogP contribution in [0.3, 0.4) is 0 Å². The lowest BCUT2D eigenvalue weighted by Gasteiger charge is -2.17. The van der Waals surface area contributed by atoms with Gasteiger partial charge in [0, 0.05) is 30.5 Å². The van der Waals surface area contributed by atoms with Crippen molar-refractivity contribution in [3.63, 3.8) is 0 Å². The van der Waals surface area contributed by atoms with E-state index in [-0.39, 0.29) is 6.04 Å². The van der Waals surface area contributed by atoms with E-state index in [0.717, 1.165) is 18.8 Å². The highest BCUT2D eigenvalue weighted by molar-refractivity contribution is 5.61. The predicted molar refractivity (Wildman–Crippen MR) is 89.8 cm³/mol. The summed E-state index contributed by atoms with van der Waals surface area (Å²) in [6.07, 6.45) is 4.20. The van der Waals surface area contributed by atoms with Gasteiger partial charge in [0.05, 0.1) is 6.20 Å². The van der Waals surface area contributed by atoms with Crippen LogP contribution in [-0.2, 0) is 0 Å². The molecule has 1 saturated heterocycles. The molecule has 1 aliphatic rings. The summed E-state index contributed by atoms with van der Waals surface area (Å²) in [7, 11) is 0. The molecule has 6 nitrogen and oxygen atoms in total. The summed E-state index contributed by atoms with van der Waals surface area (Å²) < 4.78 is 0. The standard InChI is InChI=1S/C16H22N6/c1-12(2)18-16-20-15(11-17-21-16)19-13-5-7-14(8-6-13)22-9-3-4-10-22/h5-8,11-12H,3-4,9-10H2,1-2H3,(H2,18,19,20,21). The lowest BCUT2D eigenvalue weighted by atomic mass is 10.2. The topological polar surface area (TPSA) is 66.0 Å². The quantitative estimate of drug-likeness (QED) is 0.884. The average molecular weight is 298 g/mol. The van der Waals surface area contributed by atoms with Crippen LogP contribution in [-0.4, -0.2) is 34.3 Å². The van der Waals surface area contributed by atoms with Crippen LogP contribution in [0.25, 0.3) is 0 Å². The Labute approximate surface area is 131 Å². The van der Waals surface area contributed by atoms with Crippen LogP contribution in [0, 0.1) is 0 Å². The molecule has 1 aromatic heterocycles. The Morgan fingerprint density at radius 2 is 1.82 bits per heavy atom. The molecule has 3 rings (SSSR count). The third-order valence-corrected chi connectivity index (χ3v) is 3.59. The largest absolute Gasteiger partial charge is 0.372 e. The first-order valence-corrected chi connectivity index (χ1v) is 7.79. The summed E-state index contributed by atoms with van der Waals surface area (Å²) in [4.78, 5) is 6.82. The maximum absolute atomic E-state index is 4.40. The fourth-order valence-electron chi connectivity index (χ4n) is 2.56. The molecule has 22 heavy (non-hydrogen) atoms. The number of anilines is 4. The lowest BCUT2D eigenvalue weighted by Crippen LogP contribution is -2.17. The van der Waals surface area contributed by atoms with Crippen molar-refractivity contribution >= 4 is 23.1 Å². The highest BCUT2D eigenvalue weighted by Gasteiger charge is 2.11. The van der Waals surface area contributed by atoms with E-state index in [0.29, 0.717) is 11.8 Å². The average Bonchev–Trinajstić information content (AvgIpc) is 3.02. The molecule has 0 unspecified atom stereocenters. The van der Waals surface area contributed by atoms with Crippen molar-refractivity contribution in [3.8, 4) is 0 Å². The molecule has 6 heteroatoms. The fraction of sp³-hybridized carbons (Fsp3) is 0.438. The Morgan fingerprint density at radius 3 is 2.50 bits per heavy atom. The van der Waals surface area contributed by atoms with Gasteiger partial charge in [0.2, 0.25) is 5.95 Å². The van der Waals surface area contributed by atoms with Crippen molar-refractivity contribution in [2.45, 2.75) is 32.7 Å². The summed E-state index contributed by atoms with van der Waals surface area (Å²) in [6, 6.07) is 8.72. The minimum atomic E-state index is 0.275. The molecule has 1 aliphatic heterocycles. The molecule has 0 radical (unpaired) electrons. The van der Waals surface area contributed by atoms with Crippen LogP contribution in [0.5, 0.6) is 0 Å². The van der Waals surface area contributed by atoms with Crippen LogP contribution in [0.1, 0.15) is 26.7 Å². The van der Waals surface area contributed by atoms with Gasteiger partial charge in [0.25, 0.3) is 0 Å². The van der Waals surface area contributed by atoms with Gasteiger partial charge in [-0.25, -0.2) is 0 Å². The molecule has 2 N–H and O–H groups in total. The summed E-state index contributed by atoms with van der Waals surface area (Å²) >= 11 is 0. The van der Waals surface area contributed by atoms with Crippen LogP contribution >= 0.6 is 0 Å². The number of benzene rings is 1. The van der Waals surface area contributed by atoms with Gasteiger partial charge in [-0.05, 0) is 51.0 Å². The Balaban J connectivity index is 1.67. The van der Waals surface area contributed by atoms with E-state index < -0.39 is 0 Å². The van der Waals surface area contributed by atoms with E-state index in [1.165, 1.54) is 18.5 Å². The van der Waals surface area contributed by atoms with Gasteiger partial charge in [0.15, 0.2) is 5.82 Å². The van der Waals surface area contributed by atoms with Crippen LogP contribution in [0.2, 0.25) is 0 Å². The van der Waals surface area contributed by atoms with Crippen LogP contribution in [0.15, 0.2) is 30.5 Å². The zero-order valence-electron chi connectivity index (χ0n) is 13.1. The molecular formula is C16H22N6. The van der Waals surface area contributed by atoms with E-state index >= 15 is 0 Å². The van der Waals surface area contributed by atoms with Crippen molar-refractivity contribution < 1.29 is 0 Å². The first kappa shape index (κ1) is 14.6. The van der Waals surface area contributed by atoms with Crippen molar-refractivity contribution in [3.05, 3.63) is 30.5 Å². The molecule has 0 saturated carbocycles. The summed E-state index contributed by atoms with van der Waals surface area (Å²) in [5.74, 6) is 1.22. The third kappa shape index (κ3) is 3.63. The Kier molecular flexibility index (Phi) is 4.37. The van der Waals surface area contributed by atoms with Gasteiger partial charge in [0.1, 0.15) is 0 Å². The van der Waals surface area contributed by atoms with Crippen molar-refractivity contribution in [2.24, 2.45) is 0 Å². The number of hydrogen-bond acceptors (Lipinski definition) is 6. The smallest absolute Gasteiger partial charge is 0.244 e. The minimum absolute atomic E-state index is 0.275. The summed E-state index contributed by atoms with van der Waals surface area (Å²) in [5, 5.41) is 14.3. The van der Waals surface area contributed by atoms with Gasteiger partial charge >= 0.3 is 0 Å². The van der Waals surface area contributed by atoms with Crippen LogP contribution in [0.4, 0.5) is 23.1 Å². The molecule has 2 aromatic rings. The van der Waals surface area contributed by atoms with E-state index in [1.54, 1.807) is 6.20 Å². The summed E-state index contributed by atoms with van der Waals surface area (Å²) in [5.41, 5.74) is 2.28. The predicted octanol–water partition coefficient (Wildman–Crippen LogP) is 3.04. The highest BCUT2D eigenvalue weighted by Crippen LogP contribution is 2.23. The molecule has 1 fully saturated rings. The van der Waals surface area contributed by atoms with Crippen molar-refractivity contribution in [1.82, 2.24) is 15.2 Å². The van der Waals surface area contributed by atoms with Gasteiger partial charge < -0.3 is 15.5 Å². The molecule has 0 aliphatic carbocycles. The SMILES string of the molecule is CC(C)Nc1nncc(Nc2ccc(N3CCCC3)cc2)n1. The Hall–Kier alpha value is -2.37. The number of nitrogens with one attached hydrogen (secondary N) is 2. The van der Waals surface area contributed by atoms with E-state index in [9.17, 15) is 0 Å². The zero-order valence-corrected chi connectivity index (χ0v) is 13.1. The number of aromatic nitrogens is 3. The Morgan fingerprint density at radius 1 is 1.09 bits per heavy atom. The number of hydrogen-bond donors (Lipinski definition) is 2. The molecule has 0 atom stereocenters. The van der Waals surface area contributed by atoms with E-state index in [4.69, 9.17) is 0 Å². The third-order valence-electron chi connectivity index (χ3n) is 3.59. The monoisotopic (exact) mass is 298 g/mol. The van der Waals surface area contributed by atoms with E-state index in [1.807, 2.05) is 13.8 Å². The fourth-order valence-corrected chi connectivity index (χ4v) is 2.56. The molecule has 0 amide bonds. The first-order valence-electron chi connectivity index (χ1n) is 7.79. The maximum Gasteiger partial charge on any atom is 0.244 e. The zero-order chi connectivity index (χ0) is 15.4. The van der Waals surface area contributed by atoms with Gasteiger partial charge in [-0.3, -0.25) is 0 Å². The summed E-state index contributed by atoms with van der Waals surface area (Å²) in [6.45, 7) is 6.40. The van der Waals surface area contributed by atoms with Gasteiger partial charge in [-0.15, -0.1) is 5.10 Å². The van der Waals surface area contributed by atoms with Crippen LogP contribution < -0.4 is 15.5 Å².